The van der Waals surface area contributed by atoms with Gasteiger partial charge in [-0.25, -0.2) is 4.79 Å². The van der Waals surface area contributed by atoms with E-state index in [2.05, 4.69) is 20.9 Å². The molecule has 3 atom stereocenters. The van der Waals surface area contributed by atoms with E-state index in [1.165, 1.54) is 20.0 Å². The lowest BCUT2D eigenvalue weighted by atomic mass is 9.78. The lowest BCUT2D eigenvalue weighted by molar-refractivity contribution is -0.146. The van der Waals surface area contributed by atoms with Crippen LogP contribution in [-0.2, 0) is 19.1 Å². The number of rotatable bonds is 10. The monoisotopic (exact) mass is 580 g/mol. The molecule has 10 heteroatoms. The van der Waals surface area contributed by atoms with Gasteiger partial charge in [0.2, 0.25) is 11.8 Å². The zero-order valence-corrected chi connectivity index (χ0v) is 24.8. The highest BCUT2D eigenvalue weighted by atomic mass is 16.5. The van der Waals surface area contributed by atoms with Gasteiger partial charge in [-0.3, -0.25) is 14.4 Å². The van der Waals surface area contributed by atoms with E-state index in [4.69, 9.17) is 9.47 Å². The number of hydrogen-bond acceptors (Lipinski definition) is 6. The molecule has 3 amide bonds. The molecule has 228 valence electrons. The van der Waals surface area contributed by atoms with Crippen molar-refractivity contribution in [2.45, 2.75) is 101 Å². The van der Waals surface area contributed by atoms with Gasteiger partial charge in [-0.15, -0.1) is 0 Å². The Balaban J connectivity index is 1.31. The van der Waals surface area contributed by atoms with Crippen molar-refractivity contribution in [3.8, 4) is 5.75 Å². The minimum Gasteiger partial charge on any atom is -0.496 e. The van der Waals surface area contributed by atoms with Crippen LogP contribution in [0.5, 0.6) is 5.75 Å². The summed E-state index contributed by atoms with van der Waals surface area (Å²) in [6, 6.07) is 5.41. The molecule has 3 unspecified atom stereocenters. The normalized spacial score (nSPS) is 21.9. The van der Waals surface area contributed by atoms with Crippen molar-refractivity contribution in [2.75, 3.05) is 14.2 Å². The summed E-state index contributed by atoms with van der Waals surface area (Å²) in [6.45, 7) is 0. The number of ether oxygens (including phenoxy) is 2. The fourth-order valence-corrected chi connectivity index (χ4v) is 7.29. The van der Waals surface area contributed by atoms with Crippen molar-refractivity contribution >= 4 is 34.6 Å². The first-order valence-electron chi connectivity index (χ1n) is 15.5. The van der Waals surface area contributed by atoms with Gasteiger partial charge < -0.3 is 30.4 Å². The van der Waals surface area contributed by atoms with Gasteiger partial charge in [0, 0.05) is 22.4 Å². The Morgan fingerprint density at radius 3 is 2.43 bits per heavy atom. The van der Waals surface area contributed by atoms with Crippen molar-refractivity contribution in [1.29, 1.82) is 0 Å². The van der Waals surface area contributed by atoms with Crippen LogP contribution in [0.15, 0.2) is 24.3 Å². The summed E-state index contributed by atoms with van der Waals surface area (Å²) in [5.41, 5.74) is 0.870. The van der Waals surface area contributed by atoms with Gasteiger partial charge in [-0.05, 0) is 56.2 Å². The van der Waals surface area contributed by atoms with Crippen molar-refractivity contribution < 1.29 is 28.7 Å². The molecule has 2 saturated carbocycles. The fraction of sp³-hybridized carbons (Fsp3) is 0.625. The minimum absolute atomic E-state index is 0.0682. The summed E-state index contributed by atoms with van der Waals surface area (Å²) in [5.74, 6) is -0.961. The molecule has 1 aliphatic heterocycles. The Bertz CT molecular complexity index is 1290. The van der Waals surface area contributed by atoms with Gasteiger partial charge in [0.25, 0.3) is 5.91 Å². The molecular formula is C32H44N4O6. The summed E-state index contributed by atoms with van der Waals surface area (Å²) in [6.07, 6.45) is 11.9. The molecule has 1 aromatic heterocycles. The SMILES string of the molecule is COC(=O)C(CC1CC2(CCCCC2)NC1=O)NC(=O)C(CC1CCCCC1)NC(=O)c1cc2c(OC)cccc2[nH]1. The molecule has 1 saturated heterocycles. The summed E-state index contributed by atoms with van der Waals surface area (Å²) in [4.78, 5) is 56.1. The van der Waals surface area contributed by atoms with Crippen LogP contribution in [0.2, 0.25) is 0 Å². The molecule has 2 aromatic rings. The maximum atomic E-state index is 13.8. The van der Waals surface area contributed by atoms with Crippen molar-refractivity contribution in [1.82, 2.24) is 20.9 Å². The van der Waals surface area contributed by atoms with Crippen molar-refractivity contribution in [2.24, 2.45) is 11.8 Å². The lowest BCUT2D eigenvalue weighted by Crippen LogP contribution is -2.53. The molecule has 1 spiro atoms. The van der Waals surface area contributed by atoms with Crippen LogP contribution in [0.4, 0.5) is 0 Å². The molecular weight excluding hydrogens is 536 g/mol. The van der Waals surface area contributed by atoms with Gasteiger partial charge in [0.1, 0.15) is 23.5 Å². The Kier molecular flexibility index (Phi) is 9.38. The fourth-order valence-electron chi connectivity index (χ4n) is 7.29. The Hall–Kier alpha value is -3.56. The van der Waals surface area contributed by atoms with Crippen LogP contribution in [0.1, 0.15) is 94.0 Å². The number of fused-ring (bicyclic) bond motifs is 1. The van der Waals surface area contributed by atoms with E-state index >= 15 is 0 Å². The van der Waals surface area contributed by atoms with Crippen LogP contribution in [-0.4, -0.2) is 60.5 Å². The Morgan fingerprint density at radius 2 is 1.71 bits per heavy atom. The van der Waals surface area contributed by atoms with E-state index in [0.29, 0.717) is 30.2 Å². The number of H-pyrrole nitrogens is 1. The summed E-state index contributed by atoms with van der Waals surface area (Å²) in [7, 11) is 2.86. The largest absolute Gasteiger partial charge is 0.496 e. The number of amides is 3. The zero-order chi connectivity index (χ0) is 29.7. The molecule has 4 N–H and O–H groups in total. The molecule has 1 aromatic carbocycles. The number of methoxy groups -OCH3 is 2. The molecule has 2 aliphatic carbocycles. The van der Waals surface area contributed by atoms with Crippen LogP contribution < -0.4 is 20.7 Å². The van der Waals surface area contributed by atoms with E-state index in [1.807, 2.05) is 18.2 Å². The standard InChI is InChI=1S/C32H44N4O6/c1-41-27-13-9-12-23-22(27)18-25(33-23)30(39)34-24(16-20-10-5-3-6-11-20)29(38)35-26(31(40)42-2)17-21-19-32(36-28(21)37)14-7-4-8-15-32/h9,12-13,18,20-21,24,26,33H,3-8,10-11,14-17,19H2,1-2H3,(H,34,39)(H,35,38)(H,36,37). The third-order valence-electron chi connectivity index (χ3n) is 9.53. The number of benzene rings is 1. The number of carbonyl (C=O) groups is 4. The maximum absolute atomic E-state index is 13.8. The smallest absolute Gasteiger partial charge is 0.328 e. The van der Waals surface area contributed by atoms with Crippen LogP contribution in [0.3, 0.4) is 0 Å². The molecule has 5 rings (SSSR count). The van der Waals surface area contributed by atoms with E-state index in [9.17, 15) is 19.2 Å². The first-order chi connectivity index (χ1) is 20.3. The Morgan fingerprint density at radius 1 is 0.976 bits per heavy atom. The van der Waals surface area contributed by atoms with E-state index < -0.39 is 29.9 Å². The second-order valence-electron chi connectivity index (χ2n) is 12.4. The average molecular weight is 581 g/mol. The molecule has 10 nitrogen and oxygen atoms in total. The highest BCUT2D eigenvalue weighted by molar-refractivity contribution is 6.01. The lowest BCUT2D eigenvalue weighted by Gasteiger charge is -2.33. The van der Waals surface area contributed by atoms with Crippen LogP contribution in [0, 0.1) is 11.8 Å². The Labute approximate surface area is 247 Å². The molecule has 2 heterocycles. The van der Waals surface area contributed by atoms with Gasteiger partial charge in [-0.1, -0.05) is 57.4 Å². The van der Waals surface area contributed by atoms with E-state index in [1.54, 1.807) is 13.2 Å². The molecule has 0 radical (unpaired) electrons. The highest BCUT2D eigenvalue weighted by Gasteiger charge is 2.46. The minimum atomic E-state index is -0.986. The predicted octanol–water partition coefficient (Wildman–Crippen LogP) is 4.13. The first-order valence-corrected chi connectivity index (χ1v) is 15.5. The molecule has 3 aliphatic rings. The number of aromatic nitrogens is 1. The first kappa shape index (κ1) is 29.9. The second kappa shape index (κ2) is 13.2. The predicted molar refractivity (Wildman–Crippen MR) is 158 cm³/mol. The van der Waals surface area contributed by atoms with Crippen LogP contribution >= 0.6 is 0 Å². The van der Waals surface area contributed by atoms with Crippen molar-refractivity contribution in [3.05, 3.63) is 30.0 Å². The van der Waals surface area contributed by atoms with Crippen molar-refractivity contribution in [3.63, 3.8) is 0 Å². The van der Waals surface area contributed by atoms with E-state index in [-0.39, 0.29) is 23.8 Å². The third kappa shape index (κ3) is 6.73. The number of hydrogen-bond donors (Lipinski definition) is 4. The number of nitrogens with one attached hydrogen (secondary N) is 4. The average Bonchev–Trinajstić information content (AvgIpc) is 3.57. The quantitative estimate of drug-likeness (QED) is 0.312. The number of aromatic amines is 1. The topological polar surface area (TPSA) is 139 Å². The third-order valence-corrected chi connectivity index (χ3v) is 9.53. The van der Waals surface area contributed by atoms with Crippen LogP contribution in [0.25, 0.3) is 10.9 Å². The number of carbonyl (C=O) groups excluding carboxylic acids is 4. The highest BCUT2D eigenvalue weighted by Crippen LogP contribution is 2.39. The van der Waals surface area contributed by atoms with Gasteiger partial charge in [-0.2, -0.15) is 0 Å². The summed E-state index contributed by atoms with van der Waals surface area (Å²) >= 11 is 0. The van der Waals surface area contributed by atoms with Gasteiger partial charge in [0.15, 0.2) is 0 Å². The summed E-state index contributed by atoms with van der Waals surface area (Å²) < 4.78 is 10.5. The second-order valence-corrected chi connectivity index (χ2v) is 12.4. The number of esters is 1. The zero-order valence-electron chi connectivity index (χ0n) is 24.8. The van der Waals surface area contributed by atoms with Gasteiger partial charge >= 0.3 is 5.97 Å². The van der Waals surface area contributed by atoms with E-state index in [0.717, 1.165) is 62.3 Å². The molecule has 0 bridgehead atoms. The summed E-state index contributed by atoms with van der Waals surface area (Å²) in [5, 5.41) is 9.77. The van der Waals surface area contributed by atoms with Gasteiger partial charge in [0.05, 0.1) is 14.2 Å². The molecule has 42 heavy (non-hydrogen) atoms. The molecule has 3 fully saturated rings. The maximum Gasteiger partial charge on any atom is 0.328 e.